The fourth-order valence-corrected chi connectivity index (χ4v) is 4.43. The van der Waals surface area contributed by atoms with Gasteiger partial charge in [0.25, 0.3) is 5.91 Å². The van der Waals surface area contributed by atoms with Crippen molar-refractivity contribution in [2.24, 2.45) is 0 Å². The molecule has 4 rings (SSSR count). The summed E-state index contributed by atoms with van der Waals surface area (Å²) in [6.45, 7) is 10.8. The normalized spacial score (nSPS) is 18.2. The molecule has 0 aromatic carbocycles. The molecule has 0 saturated carbocycles. The van der Waals surface area contributed by atoms with Crippen LogP contribution in [0.4, 0.5) is 10.5 Å². The predicted octanol–water partition coefficient (Wildman–Crippen LogP) is 3.17. The maximum absolute atomic E-state index is 13.4. The third-order valence-electron chi connectivity index (χ3n) is 6.26. The van der Waals surface area contributed by atoms with Crippen molar-refractivity contribution in [3.05, 3.63) is 18.0 Å². The summed E-state index contributed by atoms with van der Waals surface area (Å²) >= 11 is 0. The lowest BCUT2D eigenvalue weighted by Gasteiger charge is -2.33. The molecule has 0 aliphatic carbocycles. The number of rotatable bonds is 5. The van der Waals surface area contributed by atoms with Gasteiger partial charge in [-0.2, -0.15) is 5.10 Å². The van der Waals surface area contributed by atoms with Crippen molar-refractivity contribution in [1.29, 1.82) is 0 Å². The second-order valence-electron chi connectivity index (χ2n) is 9.99. The van der Waals surface area contributed by atoms with Crippen molar-refractivity contribution in [2.75, 3.05) is 31.6 Å². The third-order valence-corrected chi connectivity index (χ3v) is 6.26. The molecule has 0 spiro atoms. The van der Waals surface area contributed by atoms with Gasteiger partial charge in [-0.05, 0) is 53.4 Å². The van der Waals surface area contributed by atoms with Gasteiger partial charge in [0.2, 0.25) is 0 Å². The van der Waals surface area contributed by atoms with E-state index in [4.69, 9.17) is 9.47 Å². The average Bonchev–Trinajstić information content (AvgIpc) is 3.23. The van der Waals surface area contributed by atoms with E-state index in [9.17, 15) is 9.59 Å². The monoisotopic (exact) mass is 472 g/mol. The molecule has 186 valence electrons. The van der Waals surface area contributed by atoms with Crippen LogP contribution in [-0.4, -0.2) is 75.7 Å². The van der Waals surface area contributed by atoms with E-state index in [0.29, 0.717) is 51.3 Å². The van der Waals surface area contributed by atoms with Crippen LogP contribution in [0.25, 0.3) is 11.0 Å². The Bertz CT molecular complexity index is 1020. The van der Waals surface area contributed by atoms with Gasteiger partial charge in [-0.25, -0.2) is 14.5 Å². The van der Waals surface area contributed by atoms with Crippen LogP contribution in [0.15, 0.2) is 12.4 Å². The largest absolute Gasteiger partial charge is 0.444 e. The molecule has 10 nitrogen and oxygen atoms in total. The van der Waals surface area contributed by atoms with Crippen molar-refractivity contribution in [3.8, 4) is 0 Å². The molecule has 0 radical (unpaired) electrons. The van der Waals surface area contributed by atoms with E-state index in [-0.39, 0.29) is 24.1 Å². The third kappa shape index (κ3) is 5.60. The minimum Gasteiger partial charge on any atom is -0.444 e. The lowest BCUT2D eigenvalue weighted by atomic mass is 10.0. The number of pyridine rings is 1. The van der Waals surface area contributed by atoms with Crippen LogP contribution in [0.2, 0.25) is 0 Å². The van der Waals surface area contributed by atoms with Gasteiger partial charge >= 0.3 is 6.09 Å². The van der Waals surface area contributed by atoms with Crippen LogP contribution in [-0.2, 0) is 16.0 Å². The molecule has 2 amide bonds. The Balaban J connectivity index is 1.47. The molecule has 0 atom stereocenters. The molecule has 2 aromatic heterocycles. The Morgan fingerprint density at radius 1 is 1.12 bits per heavy atom. The van der Waals surface area contributed by atoms with Crippen molar-refractivity contribution < 1.29 is 19.1 Å². The summed E-state index contributed by atoms with van der Waals surface area (Å²) in [6.07, 6.45) is 6.25. The van der Waals surface area contributed by atoms with E-state index >= 15 is 0 Å². The number of ether oxygens (including phenoxy) is 2. The Hall–Kier alpha value is -2.88. The van der Waals surface area contributed by atoms with Gasteiger partial charge in [0.05, 0.1) is 22.8 Å². The molecule has 2 N–H and O–H groups in total. The van der Waals surface area contributed by atoms with E-state index in [1.165, 1.54) is 0 Å². The topological polar surface area (TPSA) is 111 Å². The standard InChI is InChI=1S/C24H36N6O4/c1-5-30-21-18(15-26-30)20(27-17-8-12-33-13-9-17)19(14-25-21)22(31)28-16-6-10-29(11-7-16)23(32)34-24(2,3)4/h14-17H,5-13H2,1-4H3,(H,25,27)(H,28,31). The van der Waals surface area contributed by atoms with Crippen molar-refractivity contribution in [1.82, 2.24) is 25.0 Å². The molecular formula is C24H36N6O4. The summed E-state index contributed by atoms with van der Waals surface area (Å²) in [5.74, 6) is -0.163. The Morgan fingerprint density at radius 3 is 2.47 bits per heavy atom. The smallest absolute Gasteiger partial charge is 0.410 e. The van der Waals surface area contributed by atoms with Crippen LogP contribution in [0.1, 0.15) is 63.7 Å². The lowest BCUT2D eigenvalue weighted by Crippen LogP contribution is -2.47. The summed E-state index contributed by atoms with van der Waals surface area (Å²) < 4.78 is 12.8. The number of piperidine rings is 1. The van der Waals surface area contributed by atoms with Crippen molar-refractivity contribution in [2.45, 2.75) is 77.6 Å². The Labute approximate surface area is 200 Å². The first kappa shape index (κ1) is 24.3. The van der Waals surface area contributed by atoms with Gasteiger partial charge in [-0.15, -0.1) is 0 Å². The highest BCUT2D eigenvalue weighted by Crippen LogP contribution is 2.29. The molecule has 0 unspecified atom stereocenters. The second-order valence-corrected chi connectivity index (χ2v) is 9.99. The van der Waals surface area contributed by atoms with Crippen molar-refractivity contribution in [3.63, 3.8) is 0 Å². The van der Waals surface area contributed by atoms with E-state index in [0.717, 1.165) is 29.6 Å². The minimum atomic E-state index is -0.521. The Morgan fingerprint density at radius 2 is 1.82 bits per heavy atom. The van der Waals surface area contributed by atoms with Crippen LogP contribution >= 0.6 is 0 Å². The van der Waals surface area contributed by atoms with Crippen LogP contribution < -0.4 is 10.6 Å². The van der Waals surface area contributed by atoms with Crippen LogP contribution in [0.3, 0.4) is 0 Å². The molecule has 4 heterocycles. The van der Waals surface area contributed by atoms with E-state index in [1.54, 1.807) is 17.3 Å². The number of hydrogen-bond donors (Lipinski definition) is 2. The van der Waals surface area contributed by atoms with Crippen molar-refractivity contribution >= 4 is 28.7 Å². The molecule has 0 bridgehead atoms. The van der Waals surface area contributed by atoms with Gasteiger partial charge in [0, 0.05) is 51.1 Å². The number of nitrogens with one attached hydrogen (secondary N) is 2. The molecule has 10 heteroatoms. The second kappa shape index (κ2) is 10.2. The van der Waals surface area contributed by atoms with E-state index < -0.39 is 5.60 Å². The highest BCUT2D eigenvalue weighted by molar-refractivity contribution is 6.06. The molecule has 2 aromatic rings. The summed E-state index contributed by atoms with van der Waals surface area (Å²) in [5, 5.41) is 12.0. The summed E-state index contributed by atoms with van der Waals surface area (Å²) in [6, 6.07) is 0.212. The minimum absolute atomic E-state index is 0.0174. The first-order chi connectivity index (χ1) is 16.2. The zero-order valence-corrected chi connectivity index (χ0v) is 20.6. The first-order valence-electron chi connectivity index (χ1n) is 12.2. The fraction of sp³-hybridized carbons (Fsp3) is 0.667. The molecule has 2 aliphatic heterocycles. The van der Waals surface area contributed by atoms with E-state index in [1.807, 2.05) is 32.4 Å². The number of nitrogens with zero attached hydrogens (tertiary/aromatic N) is 4. The van der Waals surface area contributed by atoms with Crippen LogP contribution in [0.5, 0.6) is 0 Å². The van der Waals surface area contributed by atoms with Gasteiger partial charge < -0.3 is 25.0 Å². The maximum Gasteiger partial charge on any atom is 0.410 e. The summed E-state index contributed by atoms with van der Waals surface area (Å²) in [5.41, 5.74) is 1.54. The zero-order chi connectivity index (χ0) is 24.3. The maximum atomic E-state index is 13.4. The number of aromatic nitrogens is 3. The number of carbonyl (C=O) groups is 2. The molecular weight excluding hydrogens is 436 g/mol. The van der Waals surface area contributed by atoms with E-state index in [2.05, 4.69) is 20.7 Å². The van der Waals surface area contributed by atoms with Gasteiger partial charge in [-0.1, -0.05) is 0 Å². The number of hydrogen-bond acceptors (Lipinski definition) is 7. The number of likely N-dealkylation sites (tertiary alicyclic amines) is 1. The Kier molecular flexibility index (Phi) is 7.25. The highest BCUT2D eigenvalue weighted by Gasteiger charge is 2.29. The number of aryl methyl sites for hydroxylation is 1. The molecule has 2 aliphatic rings. The van der Waals surface area contributed by atoms with Gasteiger partial charge in [-0.3, -0.25) is 4.79 Å². The van der Waals surface area contributed by atoms with Gasteiger partial charge in [0.1, 0.15) is 5.60 Å². The fourth-order valence-electron chi connectivity index (χ4n) is 4.43. The number of anilines is 1. The number of carbonyl (C=O) groups excluding carboxylic acids is 2. The lowest BCUT2D eigenvalue weighted by molar-refractivity contribution is 0.0199. The molecule has 2 fully saturated rings. The quantitative estimate of drug-likeness (QED) is 0.688. The number of amides is 2. The number of fused-ring (bicyclic) bond motifs is 1. The summed E-state index contributed by atoms with van der Waals surface area (Å²) in [7, 11) is 0. The van der Waals surface area contributed by atoms with Crippen LogP contribution in [0, 0.1) is 0 Å². The molecule has 2 saturated heterocycles. The first-order valence-corrected chi connectivity index (χ1v) is 12.2. The molecule has 34 heavy (non-hydrogen) atoms. The SMILES string of the molecule is CCn1ncc2c(NC3CCOCC3)c(C(=O)NC3CCN(C(=O)OC(C)(C)C)CC3)cnc21. The zero-order valence-electron chi connectivity index (χ0n) is 20.6. The summed E-state index contributed by atoms with van der Waals surface area (Å²) in [4.78, 5) is 31.9. The van der Waals surface area contributed by atoms with Gasteiger partial charge in [0.15, 0.2) is 5.65 Å². The average molecular weight is 473 g/mol. The highest BCUT2D eigenvalue weighted by atomic mass is 16.6. The predicted molar refractivity (Wildman–Crippen MR) is 129 cm³/mol.